The second-order valence-corrected chi connectivity index (χ2v) is 10.5. The first-order chi connectivity index (χ1) is 17.0. The van der Waals surface area contributed by atoms with Crippen LogP contribution in [0.15, 0.2) is 46.0 Å². The zero-order valence-corrected chi connectivity index (χ0v) is 23.2. The van der Waals surface area contributed by atoms with Gasteiger partial charge in [0, 0.05) is 18.0 Å². The third-order valence-electron chi connectivity index (χ3n) is 6.46. The number of pyridine rings is 1. The molecule has 1 fully saturated rings. The van der Waals surface area contributed by atoms with Crippen molar-refractivity contribution in [2.75, 3.05) is 13.1 Å². The van der Waals surface area contributed by atoms with Gasteiger partial charge in [0.1, 0.15) is 10.2 Å². The van der Waals surface area contributed by atoms with E-state index in [0.29, 0.717) is 16.8 Å². The smallest absolute Gasteiger partial charge is 0.271 e. The van der Waals surface area contributed by atoms with Crippen LogP contribution in [0.25, 0.3) is 32.2 Å². The van der Waals surface area contributed by atoms with Gasteiger partial charge in [0.15, 0.2) is 0 Å². The van der Waals surface area contributed by atoms with Crippen LogP contribution >= 0.6 is 20.8 Å². The number of hydrogen-bond acceptors (Lipinski definition) is 4. The Bertz CT molecular complexity index is 1430. The van der Waals surface area contributed by atoms with Crippen molar-refractivity contribution in [2.24, 2.45) is 0 Å². The molecule has 0 radical (unpaired) electrons. The maximum atomic E-state index is 13.2. The normalized spacial score (nSPS) is 13.4. The summed E-state index contributed by atoms with van der Waals surface area (Å²) in [6.07, 6.45) is 4.49. The van der Waals surface area contributed by atoms with Crippen LogP contribution in [0.2, 0.25) is 0 Å². The van der Waals surface area contributed by atoms with Gasteiger partial charge in [-0.2, -0.15) is 0 Å². The minimum atomic E-state index is -0.276. The third-order valence-corrected chi connectivity index (χ3v) is 7.82. The predicted molar refractivity (Wildman–Crippen MR) is 154 cm³/mol. The first-order valence-electron chi connectivity index (χ1n) is 12.8. The van der Waals surface area contributed by atoms with Crippen molar-refractivity contribution in [3.63, 3.8) is 0 Å². The molecule has 0 amide bonds. The average Bonchev–Trinajstić information content (AvgIpc) is 3.63. The lowest BCUT2D eigenvalue weighted by atomic mass is 10.0. The second-order valence-electron chi connectivity index (χ2n) is 9.07. The quantitative estimate of drug-likeness (QED) is 0.294. The molecule has 1 N–H and O–H groups in total. The molecule has 0 bridgehead atoms. The summed E-state index contributed by atoms with van der Waals surface area (Å²) in [4.78, 5) is 28.8. The molecule has 5 rings (SSSR count). The molecule has 0 saturated heterocycles. The van der Waals surface area contributed by atoms with E-state index in [0.717, 1.165) is 72.1 Å². The monoisotopic (exact) mass is 509 g/mol. The molecule has 1 unspecified atom stereocenters. The highest BCUT2D eigenvalue weighted by Crippen LogP contribution is 2.40. The number of aromatic nitrogens is 2. The number of benzene rings is 2. The maximum Gasteiger partial charge on any atom is 0.271 e. The van der Waals surface area contributed by atoms with E-state index in [1.807, 2.05) is 19.9 Å². The predicted octanol–water partition coefficient (Wildman–Crippen LogP) is 6.06. The largest absolute Gasteiger partial charge is 0.328 e. The highest BCUT2D eigenvalue weighted by atomic mass is 32.1. The molecular formula is C28H36N3O2PS. The molecule has 1 saturated carbocycles. The maximum absolute atomic E-state index is 13.2. The summed E-state index contributed by atoms with van der Waals surface area (Å²) < 4.78 is 4.98. The number of H-pyrrole nitrogens is 1. The van der Waals surface area contributed by atoms with Crippen LogP contribution < -0.4 is 16.3 Å². The molecule has 2 aromatic heterocycles. The number of hydrogen-bond donors (Lipinski definition) is 1. The van der Waals surface area contributed by atoms with E-state index < -0.39 is 0 Å². The van der Waals surface area contributed by atoms with Gasteiger partial charge in [0.2, 0.25) is 5.43 Å². The van der Waals surface area contributed by atoms with Gasteiger partial charge in [0.05, 0.1) is 5.52 Å². The average molecular weight is 510 g/mol. The molecule has 4 aromatic rings. The number of aromatic amines is 1. The summed E-state index contributed by atoms with van der Waals surface area (Å²) in [6, 6.07) is 13.2. The molecule has 0 aliphatic heterocycles. The number of rotatable bonds is 8. The molecule has 35 heavy (non-hydrogen) atoms. The number of nitrogens with one attached hydrogen (secondary N) is 1. The van der Waals surface area contributed by atoms with E-state index in [4.69, 9.17) is 0 Å². The SMILES string of the molecule is CC.CCCN(CCC)Cc1ccc(-c2cc3c(cc2P)c(=O)c2c(=O)[nH]sc2n3C2CC2)cc1. The Hall–Kier alpha value is -2.27. The Morgan fingerprint density at radius 3 is 2.31 bits per heavy atom. The van der Waals surface area contributed by atoms with Gasteiger partial charge in [-0.1, -0.05) is 52.0 Å². The summed E-state index contributed by atoms with van der Waals surface area (Å²) >= 11 is 1.27. The van der Waals surface area contributed by atoms with Crippen molar-refractivity contribution in [3.05, 3.63) is 62.5 Å². The van der Waals surface area contributed by atoms with Crippen LogP contribution in [-0.2, 0) is 6.54 Å². The molecule has 7 heteroatoms. The minimum Gasteiger partial charge on any atom is -0.328 e. The highest BCUT2D eigenvalue weighted by molar-refractivity contribution is 7.28. The second kappa shape index (κ2) is 11.2. The van der Waals surface area contributed by atoms with Crippen LogP contribution in [0.3, 0.4) is 0 Å². The molecule has 2 aromatic carbocycles. The summed E-state index contributed by atoms with van der Waals surface area (Å²) in [5, 5.41) is 1.89. The molecule has 1 atom stereocenters. The Kier molecular flexibility index (Phi) is 8.26. The van der Waals surface area contributed by atoms with Crippen LogP contribution in [0, 0.1) is 0 Å². The summed E-state index contributed by atoms with van der Waals surface area (Å²) in [7, 11) is 2.78. The fourth-order valence-electron chi connectivity index (χ4n) is 4.79. The van der Waals surface area contributed by atoms with Crippen molar-refractivity contribution in [1.29, 1.82) is 0 Å². The van der Waals surface area contributed by atoms with E-state index in [2.05, 4.69) is 67.3 Å². The lowest BCUT2D eigenvalue weighted by Crippen LogP contribution is -2.24. The van der Waals surface area contributed by atoms with Gasteiger partial charge < -0.3 is 4.57 Å². The zero-order valence-electron chi connectivity index (χ0n) is 21.2. The fraction of sp³-hybridized carbons (Fsp3) is 0.429. The molecule has 5 nitrogen and oxygen atoms in total. The van der Waals surface area contributed by atoms with Gasteiger partial charge in [-0.15, -0.1) is 9.24 Å². The minimum absolute atomic E-state index is 0.170. The van der Waals surface area contributed by atoms with Gasteiger partial charge in [-0.25, -0.2) is 0 Å². The standard InChI is InChI=1S/C26H30N3O2PS.C2H6/c1-3-11-28(12-4-2)15-16-5-7-17(8-6-16)19-13-21-20(14-22(19)32)24(30)23-25(31)27-33-26(23)29(21)18-9-10-18;1-2/h5-8,13-14,18H,3-4,9-12,15,32H2,1-2H3,(H,27,31);1-2H3. The summed E-state index contributed by atoms with van der Waals surface area (Å²) in [5.74, 6) is 0. The fourth-order valence-corrected chi connectivity index (χ4v) is 6.13. The van der Waals surface area contributed by atoms with E-state index in [1.165, 1.54) is 17.1 Å². The molecular weight excluding hydrogens is 473 g/mol. The van der Waals surface area contributed by atoms with E-state index in [9.17, 15) is 9.59 Å². The lowest BCUT2D eigenvalue weighted by Gasteiger charge is -2.21. The highest BCUT2D eigenvalue weighted by Gasteiger charge is 2.29. The van der Waals surface area contributed by atoms with Gasteiger partial charge >= 0.3 is 0 Å². The first kappa shape index (κ1) is 25.8. The zero-order chi connectivity index (χ0) is 25.1. The van der Waals surface area contributed by atoms with Crippen molar-refractivity contribution < 1.29 is 0 Å². The molecule has 2 heterocycles. The van der Waals surface area contributed by atoms with Crippen molar-refractivity contribution >= 4 is 47.2 Å². The Morgan fingerprint density at radius 2 is 1.71 bits per heavy atom. The Balaban J connectivity index is 0.00000141. The van der Waals surface area contributed by atoms with Crippen molar-refractivity contribution in [1.82, 2.24) is 13.8 Å². The summed E-state index contributed by atoms with van der Waals surface area (Å²) in [6.45, 7) is 11.7. The van der Waals surface area contributed by atoms with Gasteiger partial charge in [-0.05, 0) is 84.4 Å². The van der Waals surface area contributed by atoms with Crippen LogP contribution in [0.5, 0.6) is 0 Å². The molecule has 0 spiro atoms. The van der Waals surface area contributed by atoms with Gasteiger partial charge in [-0.3, -0.25) is 18.9 Å². The van der Waals surface area contributed by atoms with Crippen molar-refractivity contribution in [2.45, 2.75) is 66.0 Å². The topological polar surface area (TPSA) is 58.1 Å². The number of nitrogens with zero attached hydrogens (tertiary/aromatic N) is 2. The van der Waals surface area contributed by atoms with E-state index in [-0.39, 0.29) is 11.0 Å². The third kappa shape index (κ3) is 5.16. The Morgan fingerprint density at radius 1 is 1.06 bits per heavy atom. The van der Waals surface area contributed by atoms with E-state index in [1.54, 1.807) is 0 Å². The lowest BCUT2D eigenvalue weighted by molar-refractivity contribution is 0.266. The summed E-state index contributed by atoms with van der Waals surface area (Å²) in [5.41, 5.74) is 4.04. The van der Waals surface area contributed by atoms with Crippen LogP contribution in [-0.4, -0.2) is 26.9 Å². The molecule has 186 valence electrons. The van der Waals surface area contributed by atoms with E-state index >= 15 is 0 Å². The molecule has 1 aliphatic carbocycles. The van der Waals surface area contributed by atoms with Crippen molar-refractivity contribution in [3.8, 4) is 11.1 Å². The Labute approximate surface area is 213 Å². The molecule has 1 aliphatic rings. The number of fused-ring (bicyclic) bond motifs is 2. The first-order valence-corrected chi connectivity index (χ1v) is 14.2. The van der Waals surface area contributed by atoms with Gasteiger partial charge in [0.25, 0.3) is 5.56 Å². The van der Waals surface area contributed by atoms with Crippen LogP contribution in [0.4, 0.5) is 0 Å². The van der Waals surface area contributed by atoms with Crippen LogP contribution in [0.1, 0.15) is 65.0 Å².